The van der Waals surface area contributed by atoms with Crippen molar-refractivity contribution in [2.75, 3.05) is 0 Å². The van der Waals surface area contributed by atoms with Gasteiger partial charge in [0.1, 0.15) is 0 Å². The number of nitro benzene ring substituents is 1. The minimum Gasteiger partial charge on any atom is -0.324 e. The number of para-hydroxylation sites is 1. The summed E-state index contributed by atoms with van der Waals surface area (Å²) < 4.78 is 1.08. The predicted octanol–water partition coefficient (Wildman–Crippen LogP) is 4.21. The van der Waals surface area contributed by atoms with Gasteiger partial charge in [0.2, 0.25) is 0 Å². The number of nitro groups is 1. The van der Waals surface area contributed by atoms with E-state index in [1.807, 2.05) is 0 Å². The minimum absolute atomic E-state index is 0.0652. The van der Waals surface area contributed by atoms with E-state index >= 15 is 0 Å². The van der Waals surface area contributed by atoms with Crippen molar-refractivity contribution >= 4 is 40.2 Å². The first kappa shape index (κ1) is 14.3. The molecule has 1 unspecified atom stereocenters. The van der Waals surface area contributed by atoms with E-state index in [2.05, 4.69) is 0 Å². The van der Waals surface area contributed by atoms with Gasteiger partial charge in [-0.05, 0) is 12.5 Å². The summed E-state index contributed by atoms with van der Waals surface area (Å²) in [5.74, 6) is 0. The molecule has 4 nitrogen and oxygen atoms in total. The molecule has 0 aliphatic heterocycles. The van der Waals surface area contributed by atoms with E-state index in [4.69, 9.17) is 28.9 Å². The van der Waals surface area contributed by atoms with Crippen molar-refractivity contribution < 1.29 is 4.92 Å². The van der Waals surface area contributed by atoms with Gasteiger partial charge in [0.25, 0.3) is 5.69 Å². The van der Waals surface area contributed by atoms with E-state index in [-0.39, 0.29) is 5.69 Å². The summed E-state index contributed by atoms with van der Waals surface area (Å²) in [7, 11) is 0. The summed E-state index contributed by atoms with van der Waals surface area (Å²) in [4.78, 5) is 10.5. The van der Waals surface area contributed by atoms with Gasteiger partial charge >= 0.3 is 0 Å². The van der Waals surface area contributed by atoms with Crippen molar-refractivity contribution in [3.63, 3.8) is 0 Å². The number of benzene rings is 1. The topological polar surface area (TPSA) is 69.2 Å². The van der Waals surface area contributed by atoms with Gasteiger partial charge in [-0.2, -0.15) is 0 Å². The smallest absolute Gasteiger partial charge is 0.272 e. The highest BCUT2D eigenvalue weighted by Crippen LogP contribution is 2.36. The summed E-state index contributed by atoms with van der Waals surface area (Å²) in [6, 6.07) is 7.81. The van der Waals surface area contributed by atoms with Gasteiger partial charge in [0, 0.05) is 23.2 Å². The molecule has 0 fully saturated rings. The SMILES string of the molecule is NC(Cc1ccccc1[N+](=O)[O-])c1cc(Cl)sc1Cl. The number of halogens is 2. The fraction of sp³-hybridized carbons (Fsp3) is 0.167. The third-order valence-corrected chi connectivity index (χ3v) is 4.23. The van der Waals surface area contributed by atoms with Gasteiger partial charge in [-0.15, -0.1) is 11.3 Å². The number of hydrogen-bond acceptors (Lipinski definition) is 4. The van der Waals surface area contributed by atoms with Crippen molar-refractivity contribution in [1.29, 1.82) is 0 Å². The van der Waals surface area contributed by atoms with Crippen LogP contribution in [0.4, 0.5) is 5.69 Å². The maximum atomic E-state index is 10.9. The quantitative estimate of drug-likeness (QED) is 0.678. The average Bonchev–Trinajstić information content (AvgIpc) is 2.69. The molecule has 0 saturated heterocycles. The first-order valence-corrected chi connectivity index (χ1v) is 6.99. The third-order valence-electron chi connectivity index (χ3n) is 2.71. The standard InChI is InChI=1S/C12H10Cl2N2O2S/c13-11-6-8(12(14)19-11)9(15)5-7-3-1-2-4-10(7)16(17)18/h1-4,6,9H,5,15H2. The van der Waals surface area contributed by atoms with Crippen LogP contribution in [0.1, 0.15) is 17.2 Å². The van der Waals surface area contributed by atoms with Crippen LogP contribution in [0, 0.1) is 10.1 Å². The Hall–Kier alpha value is -1.14. The van der Waals surface area contributed by atoms with Crippen LogP contribution in [0.5, 0.6) is 0 Å². The monoisotopic (exact) mass is 316 g/mol. The Morgan fingerprint density at radius 2 is 2.05 bits per heavy atom. The number of rotatable bonds is 4. The molecule has 0 amide bonds. The van der Waals surface area contributed by atoms with Crippen LogP contribution in [0.15, 0.2) is 30.3 Å². The van der Waals surface area contributed by atoms with E-state index in [1.54, 1.807) is 24.3 Å². The van der Waals surface area contributed by atoms with Gasteiger partial charge in [0.05, 0.1) is 13.6 Å². The van der Waals surface area contributed by atoms with Crippen LogP contribution < -0.4 is 5.73 Å². The van der Waals surface area contributed by atoms with E-state index < -0.39 is 11.0 Å². The molecule has 0 aliphatic carbocycles. The first-order valence-electron chi connectivity index (χ1n) is 5.41. The van der Waals surface area contributed by atoms with Crippen LogP contribution in [0.25, 0.3) is 0 Å². The molecule has 0 saturated carbocycles. The Labute approximate surface area is 123 Å². The Balaban J connectivity index is 2.26. The van der Waals surface area contributed by atoms with E-state index in [9.17, 15) is 10.1 Å². The first-order chi connectivity index (χ1) is 8.99. The lowest BCUT2D eigenvalue weighted by Gasteiger charge is -2.11. The Morgan fingerprint density at radius 1 is 1.37 bits per heavy atom. The number of nitrogens with two attached hydrogens (primary N) is 1. The molecule has 2 N–H and O–H groups in total. The molecule has 0 aliphatic rings. The molecule has 0 bridgehead atoms. The normalized spacial score (nSPS) is 12.4. The number of nitrogens with zero attached hydrogens (tertiary/aromatic N) is 1. The fourth-order valence-corrected chi connectivity index (χ4v) is 3.41. The van der Waals surface area contributed by atoms with E-state index in [0.717, 1.165) is 5.56 Å². The maximum absolute atomic E-state index is 10.9. The molecule has 19 heavy (non-hydrogen) atoms. The van der Waals surface area contributed by atoms with Gasteiger partial charge in [-0.1, -0.05) is 41.4 Å². The summed E-state index contributed by atoms with van der Waals surface area (Å²) in [5, 5.41) is 10.9. The molecule has 1 aromatic heterocycles. The molecule has 100 valence electrons. The highest BCUT2D eigenvalue weighted by molar-refractivity contribution is 7.20. The zero-order chi connectivity index (χ0) is 14.0. The molecule has 2 aromatic rings. The van der Waals surface area contributed by atoms with Crippen molar-refractivity contribution in [3.8, 4) is 0 Å². The van der Waals surface area contributed by atoms with Crippen LogP contribution in [0.2, 0.25) is 8.67 Å². The van der Waals surface area contributed by atoms with E-state index in [1.165, 1.54) is 17.4 Å². The number of thiophene rings is 1. The largest absolute Gasteiger partial charge is 0.324 e. The molecular weight excluding hydrogens is 307 g/mol. The molecule has 7 heteroatoms. The Morgan fingerprint density at radius 3 is 2.63 bits per heavy atom. The minimum atomic E-state index is -0.419. The molecule has 0 radical (unpaired) electrons. The van der Waals surface area contributed by atoms with Gasteiger partial charge in [-0.3, -0.25) is 10.1 Å². The third kappa shape index (κ3) is 3.25. The molecule has 0 spiro atoms. The summed E-state index contributed by atoms with van der Waals surface area (Å²) >= 11 is 13.1. The molecule has 1 atom stereocenters. The van der Waals surface area contributed by atoms with Crippen LogP contribution >= 0.6 is 34.5 Å². The van der Waals surface area contributed by atoms with Gasteiger partial charge in [0.15, 0.2) is 0 Å². The molecule has 2 rings (SSSR count). The summed E-state index contributed by atoms with van der Waals surface area (Å²) in [5.41, 5.74) is 7.42. The average molecular weight is 317 g/mol. The van der Waals surface area contributed by atoms with Gasteiger partial charge in [-0.25, -0.2) is 0 Å². The zero-order valence-corrected chi connectivity index (χ0v) is 12.0. The van der Waals surface area contributed by atoms with Crippen molar-refractivity contribution in [2.24, 2.45) is 5.73 Å². The van der Waals surface area contributed by atoms with E-state index in [0.29, 0.717) is 20.7 Å². The van der Waals surface area contributed by atoms with Crippen molar-refractivity contribution in [2.45, 2.75) is 12.5 Å². The molecule has 1 aromatic carbocycles. The van der Waals surface area contributed by atoms with Crippen LogP contribution in [-0.4, -0.2) is 4.92 Å². The summed E-state index contributed by atoms with van der Waals surface area (Å²) in [6.07, 6.45) is 0.337. The lowest BCUT2D eigenvalue weighted by molar-refractivity contribution is -0.385. The van der Waals surface area contributed by atoms with Crippen molar-refractivity contribution in [3.05, 3.63) is 60.2 Å². The Kier molecular flexibility index (Phi) is 4.42. The molecular formula is C12H10Cl2N2O2S. The highest BCUT2D eigenvalue weighted by atomic mass is 35.5. The van der Waals surface area contributed by atoms with Crippen molar-refractivity contribution in [1.82, 2.24) is 0 Å². The van der Waals surface area contributed by atoms with Crippen LogP contribution in [0.3, 0.4) is 0 Å². The molecule has 1 heterocycles. The summed E-state index contributed by atoms with van der Waals surface area (Å²) in [6.45, 7) is 0. The second-order valence-corrected chi connectivity index (χ2v) is 6.26. The second kappa shape index (κ2) is 5.88. The highest BCUT2D eigenvalue weighted by Gasteiger charge is 2.19. The predicted molar refractivity (Wildman–Crippen MR) is 78.1 cm³/mol. The second-order valence-electron chi connectivity index (χ2n) is 3.98. The fourth-order valence-electron chi connectivity index (χ4n) is 1.81. The maximum Gasteiger partial charge on any atom is 0.272 e. The zero-order valence-electron chi connectivity index (χ0n) is 9.68. The number of hydrogen-bond donors (Lipinski definition) is 1. The Bertz CT molecular complexity index is 616. The van der Waals surface area contributed by atoms with Crippen LogP contribution in [-0.2, 0) is 6.42 Å². The van der Waals surface area contributed by atoms with Gasteiger partial charge < -0.3 is 5.73 Å². The lowest BCUT2D eigenvalue weighted by atomic mass is 10.0. The lowest BCUT2D eigenvalue weighted by Crippen LogP contribution is -2.13.